The number of unbranched alkanes of at least 4 members (excludes halogenated alkanes) is 2. The third-order valence-corrected chi connectivity index (χ3v) is 9.45. The quantitative estimate of drug-likeness (QED) is 0.155. The van der Waals surface area contributed by atoms with Gasteiger partial charge < -0.3 is 10.2 Å². The zero-order chi connectivity index (χ0) is 32.5. The zero-order valence-corrected chi connectivity index (χ0v) is 27.9. The molecule has 0 radical (unpaired) electrons. The normalized spacial score (nSPS) is 14.8. The Hall–Kier alpha value is -4.32. The second-order valence-electron chi connectivity index (χ2n) is 12.9. The van der Waals surface area contributed by atoms with Gasteiger partial charge in [-0.25, -0.2) is 0 Å². The fourth-order valence-electron chi connectivity index (χ4n) is 6.62. The smallest absolute Gasteiger partial charge is 0.143 e. The summed E-state index contributed by atoms with van der Waals surface area (Å²) in [5.74, 6) is 0.296. The topological polar surface area (TPSA) is 89.9 Å². The monoisotopic (exact) mass is 616 g/mol. The van der Waals surface area contributed by atoms with Crippen molar-refractivity contribution in [1.82, 2.24) is 0 Å². The number of nitrogens with zero attached hydrogens (tertiary/aromatic N) is 4. The number of aromatic hydroxyl groups is 2. The molecule has 1 aliphatic rings. The summed E-state index contributed by atoms with van der Waals surface area (Å²) in [4.78, 5) is 0. The number of aryl methyl sites for hydroxylation is 4. The van der Waals surface area contributed by atoms with E-state index in [4.69, 9.17) is 0 Å². The molecule has 4 aromatic rings. The standard InChI is InChI=1S/C40H48N4O2/c1-5-7-12-30-14-20-38(45)36(26-30)43-41-34-18-16-32(24-28(34)3)40(22-10-9-11-23-40)33-17-19-35(29(4)25-33)42-44-37-27-31(13-8-6-2)15-21-39(37)46/h14-21,24-27,45-46H,5-13,22-23H2,1-4H3. The predicted molar refractivity (Wildman–Crippen MR) is 188 cm³/mol. The van der Waals surface area contributed by atoms with E-state index in [9.17, 15) is 10.2 Å². The molecule has 0 atom stereocenters. The minimum absolute atomic E-state index is 0.0864. The first-order valence-corrected chi connectivity index (χ1v) is 17.0. The number of rotatable bonds is 12. The van der Waals surface area contributed by atoms with Crippen LogP contribution >= 0.6 is 0 Å². The Balaban J connectivity index is 1.40. The van der Waals surface area contributed by atoms with E-state index in [1.165, 1.54) is 30.4 Å². The van der Waals surface area contributed by atoms with Gasteiger partial charge in [-0.1, -0.05) is 82.3 Å². The second kappa shape index (κ2) is 15.3. The van der Waals surface area contributed by atoms with Crippen molar-refractivity contribution >= 4 is 22.7 Å². The van der Waals surface area contributed by atoms with Gasteiger partial charge in [-0.05, 0) is 122 Å². The largest absolute Gasteiger partial charge is 0.506 e. The van der Waals surface area contributed by atoms with E-state index in [0.29, 0.717) is 11.4 Å². The first-order valence-electron chi connectivity index (χ1n) is 17.0. The summed E-state index contributed by atoms with van der Waals surface area (Å²) in [6, 6.07) is 24.3. The SMILES string of the molecule is CCCCc1ccc(O)c(N=Nc2ccc(C3(c4ccc(N=Nc5cc(CCCC)ccc5O)c(C)c4)CCCCC3)cc2C)c1. The molecule has 0 spiro atoms. The minimum atomic E-state index is -0.0864. The molecule has 0 heterocycles. The number of azo groups is 2. The fraction of sp³-hybridized carbons (Fsp3) is 0.400. The first kappa shape index (κ1) is 33.1. The highest BCUT2D eigenvalue weighted by Crippen LogP contribution is 2.47. The van der Waals surface area contributed by atoms with Crippen molar-refractivity contribution in [3.8, 4) is 11.5 Å². The summed E-state index contributed by atoms with van der Waals surface area (Å²) >= 11 is 0. The summed E-state index contributed by atoms with van der Waals surface area (Å²) in [5.41, 5.74) is 9.61. The lowest BCUT2D eigenvalue weighted by molar-refractivity contribution is 0.346. The van der Waals surface area contributed by atoms with Crippen LogP contribution in [-0.4, -0.2) is 10.2 Å². The number of phenolic OH excluding ortho intramolecular Hbond substituents is 2. The molecule has 0 saturated heterocycles. The average Bonchev–Trinajstić information content (AvgIpc) is 3.07. The van der Waals surface area contributed by atoms with Crippen LogP contribution in [0, 0.1) is 13.8 Å². The molecule has 1 saturated carbocycles. The third kappa shape index (κ3) is 7.72. The number of hydrogen-bond acceptors (Lipinski definition) is 6. The molecule has 1 fully saturated rings. The molecule has 0 aromatic heterocycles. The van der Waals surface area contributed by atoms with Gasteiger partial charge in [0.15, 0.2) is 0 Å². The van der Waals surface area contributed by atoms with Crippen LogP contribution in [0.5, 0.6) is 11.5 Å². The van der Waals surface area contributed by atoms with E-state index >= 15 is 0 Å². The van der Waals surface area contributed by atoms with Gasteiger partial charge in [-0.2, -0.15) is 10.2 Å². The van der Waals surface area contributed by atoms with Gasteiger partial charge in [-0.3, -0.25) is 0 Å². The summed E-state index contributed by atoms with van der Waals surface area (Å²) in [7, 11) is 0. The van der Waals surface area contributed by atoms with Gasteiger partial charge in [0, 0.05) is 5.41 Å². The van der Waals surface area contributed by atoms with E-state index < -0.39 is 0 Å². The molecule has 5 rings (SSSR count). The predicted octanol–water partition coefficient (Wildman–Crippen LogP) is 12.5. The van der Waals surface area contributed by atoms with Gasteiger partial charge in [-0.15, -0.1) is 10.2 Å². The van der Waals surface area contributed by atoms with Crippen LogP contribution in [0.25, 0.3) is 0 Å². The molecule has 4 aromatic carbocycles. The van der Waals surface area contributed by atoms with Crippen molar-refractivity contribution in [3.05, 3.63) is 106 Å². The van der Waals surface area contributed by atoms with Crippen molar-refractivity contribution in [2.45, 2.75) is 104 Å². The molecule has 240 valence electrons. The molecule has 0 bridgehead atoms. The number of hydrogen-bond donors (Lipinski definition) is 2. The molecule has 6 heteroatoms. The molecule has 0 unspecified atom stereocenters. The molecular formula is C40H48N4O2. The van der Waals surface area contributed by atoms with Crippen LogP contribution in [0.15, 0.2) is 93.3 Å². The van der Waals surface area contributed by atoms with Crippen LogP contribution in [0.3, 0.4) is 0 Å². The van der Waals surface area contributed by atoms with E-state index in [-0.39, 0.29) is 16.9 Å². The van der Waals surface area contributed by atoms with Crippen LogP contribution in [0.2, 0.25) is 0 Å². The minimum Gasteiger partial charge on any atom is -0.506 e. The summed E-state index contributed by atoms with van der Waals surface area (Å²) < 4.78 is 0. The number of phenols is 2. The molecule has 0 amide bonds. The lowest BCUT2D eigenvalue weighted by Crippen LogP contribution is -2.30. The first-order chi connectivity index (χ1) is 22.3. The fourth-order valence-corrected chi connectivity index (χ4v) is 6.62. The Kier molecular flexibility index (Phi) is 11.0. The van der Waals surface area contributed by atoms with Gasteiger partial charge in [0.25, 0.3) is 0 Å². The van der Waals surface area contributed by atoms with Crippen LogP contribution in [0.4, 0.5) is 22.7 Å². The van der Waals surface area contributed by atoms with E-state index in [1.807, 2.05) is 24.3 Å². The third-order valence-electron chi connectivity index (χ3n) is 9.45. The highest BCUT2D eigenvalue weighted by Gasteiger charge is 2.36. The van der Waals surface area contributed by atoms with Gasteiger partial charge in [0.05, 0.1) is 11.4 Å². The Morgan fingerprint density at radius 1 is 0.543 bits per heavy atom. The summed E-state index contributed by atoms with van der Waals surface area (Å²) in [6.07, 6.45) is 12.2. The highest BCUT2D eigenvalue weighted by atomic mass is 16.3. The van der Waals surface area contributed by atoms with Gasteiger partial charge >= 0.3 is 0 Å². The summed E-state index contributed by atoms with van der Waals surface area (Å²) in [6.45, 7) is 8.54. The Bertz CT molecular complexity index is 1580. The Labute approximate surface area is 274 Å². The molecule has 0 aliphatic heterocycles. The molecule has 1 aliphatic carbocycles. The maximum Gasteiger partial charge on any atom is 0.143 e. The Morgan fingerprint density at radius 2 is 0.978 bits per heavy atom. The average molecular weight is 617 g/mol. The van der Waals surface area contributed by atoms with Crippen LogP contribution in [0.1, 0.15) is 105 Å². The summed E-state index contributed by atoms with van der Waals surface area (Å²) in [5, 5.41) is 38.8. The van der Waals surface area contributed by atoms with Crippen molar-refractivity contribution in [1.29, 1.82) is 0 Å². The van der Waals surface area contributed by atoms with Gasteiger partial charge in [0.1, 0.15) is 22.9 Å². The van der Waals surface area contributed by atoms with E-state index in [1.54, 1.807) is 12.1 Å². The van der Waals surface area contributed by atoms with E-state index in [2.05, 4.69) is 84.6 Å². The van der Waals surface area contributed by atoms with Crippen LogP contribution < -0.4 is 0 Å². The van der Waals surface area contributed by atoms with Crippen molar-refractivity contribution in [2.75, 3.05) is 0 Å². The maximum absolute atomic E-state index is 10.4. The maximum atomic E-state index is 10.4. The molecule has 6 nitrogen and oxygen atoms in total. The zero-order valence-electron chi connectivity index (χ0n) is 27.9. The van der Waals surface area contributed by atoms with Gasteiger partial charge in [0.2, 0.25) is 0 Å². The van der Waals surface area contributed by atoms with Crippen molar-refractivity contribution in [2.24, 2.45) is 20.5 Å². The highest BCUT2D eigenvalue weighted by molar-refractivity contribution is 5.57. The molecular weight excluding hydrogens is 568 g/mol. The van der Waals surface area contributed by atoms with Crippen LogP contribution in [-0.2, 0) is 18.3 Å². The van der Waals surface area contributed by atoms with Crippen molar-refractivity contribution in [3.63, 3.8) is 0 Å². The number of benzene rings is 4. The lowest BCUT2D eigenvalue weighted by atomic mass is 9.65. The molecule has 46 heavy (non-hydrogen) atoms. The van der Waals surface area contributed by atoms with E-state index in [0.717, 1.165) is 85.0 Å². The van der Waals surface area contributed by atoms with Crippen molar-refractivity contribution < 1.29 is 10.2 Å². The lowest BCUT2D eigenvalue weighted by Gasteiger charge is -2.39. The molecule has 2 N–H and O–H groups in total. The second-order valence-corrected chi connectivity index (χ2v) is 12.9. The Morgan fingerprint density at radius 3 is 1.39 bits per heavy atom.